The molecule has 0 aliphatic rings. The Morgan fingerprint density at radius 3 is 2.56 bits per heavy atom. The number of nitrogens with zero attached hydrogens (tertiary/aromatic N) is 2. The van der Waals surface area contributed by atoms with Crippen LogP contribution in [0.3, 0.4) is 0 Å². The minimum Gasteiger partial charge on any atom is -0.494 e. The van der Waals surface area contributed by atoms with Gasteiger partial charge < -0.3 is 14.4 Å². The molecule has 0 fully saturated rings. The molecule has 1 aromatic heterocycles. The number of hydrogen-bond donors (Lipinski definition) is 1. The average Bonchev–Trinajstić information content (AvgIpc) is 2.91. The van der Waals surface area contributed by atoms with E-state index in [2.05, 4.69) is 12.1 Å². The Labute approximate surface area is 146 Å². The van der Waals surface area contributed by atoms with Gasteiger partial charge in [0.05, 0.1) is 18.7 Å². The van der Waals surface area contributed by atoms with E-state index in [0.717, 1.165) is 29.9 Å². The topological polar surface area (TPSA) is 63.8 Å². The molecule has 2 aromatic carbocycles. The van der Waals surface area contributed by atoms with Gasteiger partial charge in [-0.2, -0.15) is 0 Å². The van der Waals surface area contributed by atoms with E-state index in [-0.39, 0.29) is 11.6 Å². The summed E-state index contributed by atoms with van der Waals surface area (Å²) in [6, 6.07) is 15.2. The number of rotatable bonds is 8. The van der Waals surface area contributed by atoms with Crippen molar-refractivity contribution in [2.45, 2.75) is 32.7 Å². The van der Waals surface area contributed by atoms with Crippen LogP contribution in [0.5, 0.6) is 11.6 Å². The van der Waals surface area contributed by atoms with Crippen molar-refractivity contribution in [3.8, 4) is 11.6 Å². The number of ether oxygens (including phenoxy) is 1. The summed E-state index contributed by atoms with van der Waals surface area (Å²) in [7, 11) is 0. The van der Waals surface area contributed by atoms with Crippen molar-refractivity contribution < 1.29 is 9.84 Å². The number of aromatic hydroxyl groups is 1. The fourth-order valence-electron chi connectivity index (χ4n) is 2.94. The van der Waals surface area contributed by atoms with Gasteiger partial charge in [-0.15, -0.1) is 4.91 Å². The third-order valence-corrected chi connectivity index (χ3v) is 4.29. The Bertz CT molecular complexity index is 853. The smallest absolute Gasteiger partial charge is 0.222 e. The van der Waals surface area contributed by atoms with E-state index >= 15 is 0 Å². The van der Waals surface area contributed by atoms with Gasteiger partial charge in [-0.25, -0.2) is 0 Å². The second-order valence-corrected chi connectivity index (χ2v) is 6.07. The molecule has 5 nitrogen and oxygen atoms in total. The van der Waals surface area contributed by atoms with E-state index < -0.39 is 0 Å². The van der Waals surface area contributed by atoms with Crippen LogP contribution < -0.4 is 4.74 Å². The molecule has 0 radical (unpaired) electrons. The maximum absolute atomic E-state index is 11.1. The van der Waals surface area contributed by atoms with E-state index in [1.165, 1.54) is 12.8 Å². The van der Waals surface area contributed by atoms with Gasteiger partial charge >= 0.3 is 0 Å². The summed E-state index contributed by atoms with van der Waals surface area (Å²) >= 11 is 0. The van der Waals surface area contributed by atoms with Crippen LogP contribution in [0.25, 0.3) is 10.9 Å². The zero-order valence-corrected chi connectivity index (χ0v) is 14.3. The van der Waals surface area contributed by atoms with E-state index in [0.29, 0.717) is 11.9 Å². The number of benzene rings is 2. The number of nitroso groups, excluding NO2 is 1. The van der Waals surface area contributed by atoms with E-state index in [1.807, 2.05) is 42.5 Å². The molecule has 1 heterocycles. The maximum Gasteiger partial charge on any atom is 0.222 e. The first kappa shape index (κ1) is 17.0. The Morgan fingerprint density at radius 1 is 1.08 bits per heavy atom. The molecule has 25 heavy (non-hydrogen) atoms. The van der Waals surface area contributed by atoms with Crippen LogP contribution in [0.4, 0.5) is 5.69 Å². The molecule has 0 atom stereocenters. The lowest BCUT2D eigenvalue weighted by Gasteiger charge is -2.09. The fraction of sp³-hybridized carbons (Fsp3) is 0.300. The first-order valence-electron chi connectivity index (χ1n) is 8.60. The van der Waals surface area contributed by atoms with Gasteiger partial charge in [0, 0.05) is 5.39 Å². The van der Waals surface area contributed by atoms with Crippen molar-refractivity contribution in [1.82, 2.24) is 4.57 Å². The Kier molecular flexibility index (Phi) is 5.33. The fourth-order valence-corrected chi connectivity index (χ4v) is 2.94. The van der Waals surface area contributed by atoms with E-state index in [4.69, 9.17) is 4.74 Å². The average molecular weight is 338 g/mol. The van der Waals surface area contributed by atoms with Crippen LogP contribution in [0, 0.1) is 4.91 Å². The van der Waals surface area contributed by atoms with Crippen molar-refractivity contribution in [2.75, 3.05) is 6.61 Å². The summed E-state index contributed by atoms with van der Waals surface area (Å²) in [6.45, 7) is 3.35. The molecule has 5 heteroatoms. The number of fused-ring (bicyclic) bond motifs is 1. The predicted octanol–water partition coefficient (Wildman–Crippen LogP) is 5.36. The summed E-state index contributed by atoms with van der Waals surface area (Å²) in [6.07, 6.45) is 3.41. The lowest BCUT2D eigenvalue weighted by Crippen LogP contribution is -2.00. The number of para-hydroxylation sites is 1. The van der Waals surface area contributed by atoms with Gasteiger partial charge in [0.25, 0.3) is 0 Å². The summed E-state index contributed by atoms with van der Waals surface area (Å²) in [4.78, 5) is 11.1. The second-order valence-electron chi connectivity index (χ2n) is 6.07. The van der Waals surface area contributed by atoms with Crippen molar-refractivity contribution in [2.24, 2.45) is 5.18 Å². The molecule has 0 saturated heterocycles. The molecular weight excluding hydrogens is 316 g/mol. The highest BCUT2D eigenvalue weighted by atomic mass is 16.5. The first-order chi connectivity index (χ1) is 12.2. The molecule has 3 aromatic rings. The van der Waals surface area contributed by atoms with Crippen LogP contribution in [-0.2, 0) is 6.54 Å². The first-order valence-corrected chi connectivity index (χ1v) is 8.60. The monoisotopic (exact) mass is 338 g/mol. The minimum absolute atomic E-state index is 0.0893. The second kappa shape index (κ2) is 7.83. The molecule has 1 N–H and O–H groups in total. The molecule has 3 rings (SSSR count). The highest BCUT2D eigenvalue weighted by molar-refractivity contribution is 5.95. The molecule has 0 bridgehead atoms. The van der Waals surface area contributed by atoms with Crippen LogP contribution in [0.1, 0.15) is 31.7 Å². The zero-order valence-electron chi connectivity index (χ0n) is 14.3. The summed E-state index contributed by atoms with van der Waals surface area (Å²) in [5.41, 5.74) is 1.88. The Balaban J connectivity index is 1.78. The van der Waals surface area contributed by atoms with Gasteiger partial charge in [-0.3, -0.25) is 0 Å². The van der Waals surface area contributed by atoms with Crippen molar-refractivity contribution in [1.29, 1.82) is 0 Å². The van der Waals surface area contributed by atoms with Crippen LogP contribution in [0.2, 0.25) is 0 Å². The van der Waals surface area contributed by atoms with Crippen LogP contribution >= 0.6 is 0 Å². The van der Waals surface area contributed by atoms with Crippen LogP contribution in [-0.4, -0.2) is 16.3 Å². The molecular formula is C20H22N2O3. The molecule has 0 aliphatic heterocycles. The van der Waals surface area contributed by atoms with E-state index in [1.54, 1.807) is 10.6 Å². The molecule has 0 saturated carbocycles. The largest absolute Gasteiger partial charge is 0.494 e. The third kappa shape index (κ3) is 3.65. The van der Waals surface area contributed by atoms with Gasteiger partial charge in [0.15, 0.2) is 5.69 Å². The lowest BCUT2D eigenvalue weighted by atomic mass is 10.2. The molecule has 0 spiro atoms. The minimum atomic E-state index is -0.101. The Hall–Kier alpha value is -2.82. The van der Waals surface area contributed by atoms with Gasteiger partial charge in [-0.1, -0.05) is 50.1 Å². The lowest BCUT2D eigenvalue weighted by molar-refractivity contribution is 0.306. The molecule has 0 aliphatic carbocycles. The normalized spacial score (nSPS) is 10.9. The zero-order chi connectivity index (χ0) is 17.6. The number of unbranched alkanes of at least 4 members (excludes halogenated alkanes) is 2. The molecule has 0 unspecified atom stereocenters. The van der Waals surface area contributed by atoms with Crippen molar-refractivity contribution in [3.63, 3.8) is 0 Å². The summed E-state index contributed by atoms with van der Waals surface area (Å²) < 4.78 is 7.41. The SMILES string of the molecule is CCCCCOc1ccc(Cn2c(O)c(N=O)c3ccccc32)cc1. The quantitative estimate of drug-likeness (QED) is 0.444. The summed E-state index contributed by atoms with van der Waals surface area (Å²) in [5, 5.41) is 14.0. The van der Waals surface area contributed by atoms with Crippen molar-refractivity contribution in [3.05, 3.63) is 59.0 Å². The standard InChI is InChI=1S/C20H22N2O3/c1-2-3-6-13-25-16-11-9-15(10-12-16)14-22-18-8-5-4-7-17(18)19(21-24)20(22)23/h4-5,7-12,23H,2-3,6,13-14H2,1H3. The highest BCUT2D eigenvalue weighted by Gasteiger charge is 2.17. The highest BCUT2D eigenvalue weighted by Crippen LogP contribution is 2.38. The molecule has 0 amide bonds. The summed E-state index contributed by atoms with van der Waals surface area (Å²) in [5.74, 6) is 0.743. The maximum atomic E-state index is 11.1. The number of aromatic nitrogens is 1. The van der Waals surface area contributed by atoms with Gasteiger partial charge in [0.1, 0.15) is 5.75 Å². The predicted molar refractivity (Wildman–Crippen MR) is 99.6 cm³/mol. The van der Waals surface area contributed by atoms with Gasteiger partial charge in [0.2, 0.25) is 5.88 Å². The van der Waals surface area contributed by atoms with Crippen LogP contribution in [0.15, 0.2) is 53.7 Å². The Morgan fingerprint density at radius 2 is 1.84 bits per heavy atom. The third-order valence-electron chi connectivity index (χ3n) is 4.29. The molecule has 130 valence electrons. The van der Waals surface area contributed by atoms with Crippen molar-refractivity contribution >= 4 is 16.6 Å². The number of hydrogen-bond acceptors (Lipinski definition) is 4. The van der Waals surface area contributed by atoms with E-state index in [9.17, 15) is 10.0 Å². The van der Waals surface area contributed by atoms with Gasteiger partial charge in [-0.05, 0) is 35.4 Å².